The first-order valence-corrected chi connectivity index (χ1v) is 7.71. The highest BCUT2D eigenvalue weighted by molar-refractivity contribution is 6.00. The Morgan fingerprint density at radius 1 is 1.24 bits per heavy atom. The predicted octanol–water partition coefficient (Wildman–Crippen LogP) is 2.03. The Kier molecular flexibility index (Phi) is 4.74. The minimum Gasteiger partial charge on any atom is -0.507 e. The van der Waals surface area contributed by atoms with E-state index in [2.05, 4.69) is 10.5 Å². The van der Waals surface area contributed by atoms with E-state index in [1.54, 1.807) is 18.2 Å². The van der Waals surface area contributed by atoms with Crippen molar-refractivity contribution in [1.29, 1.82) is 0 Å². The van der Waals surface area contributed by atoms with Gasteiger partial charge in [-0.3, -0.25) is 9.59 Å². The van der Waals surface area contributed by atoms with E-state index in [-0.39, 0.29) is 36.3 Å². The quantitative estimate of drug-likeness (QED) is 0.659. The van der Waals surface area contributed by atoms with Gasteiger partial charge >= 0.3 is 0 Å². The van der Waals surface area contributed by atoms with Gasteiger partial charge < -0.3 is 10.0 Å². The zero-order valence-electron chi connectivity index (χ0n) is 13.2. The van der Waals surface area contributed by atoms with E-state index in [1.165, 1.54) is 41.4 Å². The first-order chi connectivity index (χ1) is 12.0. The lowest BCUT2D eigenvalue weighted by Gasteiger charge is -2.16. The molecule has 2 N–H and O–H groups in total. The number of carbonyl (C=O) groups excluding carboxylic acids is 2. The van der Waals surface area contributed by atoms with Crippen LogP contribution >= 0.6 is 0 Å². The van der Waals surface area contributed by atoms with Gasteiger partial charge in [0.05, 0.1) is 12.1 Å². The Labute approximate surface area is 143 Å². The van der Waals surface area contributed by atoms with Gasteiger partial charge in [0.1, 0.15) is 11.6 Å². The lowest BCUT2D eigenvalue weighted by Crippen LogP contribution is -2.30. The van der Waals surface area contributed by atoms with Crippen molar-refractivity contribution in [1.82, 2.24) is 5.43 Å². The summed E-state index contributed by atoms with van der Waals surface area (Å²) in [6, 6.07) is 12.1. The molecule has 3 rings (SSSR count). The molecule has 2 aromatic rings. The number of nitrogens with zero attached hydrogens (tertiary/aromatic N) is 2. The number of anilines is 1. The summed E-state index contributed by atoms with van der Waals surface area (Å²) in [7, 11) is 0. The Morgan fingerprint density at radius 2 is 1.96 bits per heavy atom. The van der Waals surface area contributed by atoms with Crippen molar-refractivity contribution < 1.29 is 19.1 Å². The van der Waals surface area contributed by atoms with Crippen molar-refractivity contribution >= 4 is 23.7 Å². The fourth-order valence-corrected chi connectivity index (χ4v) is 2.61. The van der Waals surface area contributed by atoms with Crippen LogP contribution < -0.4 is 10.3 Å². The van der Waals surface area contributed by atoms with Crippen molar-refractivity contribution in [3.63, 3.8) is 0 Å². The van der Waals surface area contributed by atoms with Crippen LogP contribution in [0.25, 0.3) is 0 Å². The number of nitrogens with one attached hydrogen (secondary N) is 1. The summed E-state index contributed by atoms with van der Waals surface area (Å²) >= 11 is 0. The van der Waals surface area contributed by atoms with E-state index < -0.39 is 5.92 Å². The van der Waals surface area contributed by atoms with E-state index in [0.29, 0.717) is 11.3 Å². The Balaban J connectivity index is 1.61. The maximum atomic E-state index is 13.0. The third-order valence-corrected chi connectivity index (χ3v) is 3.95. The summed E-state index contributed by atoms with van der Waals surface area (Å²) in [4.78, 5) is 25.7. The van der Waals surface area contributed by atoms with Crippen LogP contribution in [0.5, 0.6) is 5.75 Å². The van der Waals surface area contributed by atoms with Crippen LogP contribution in [0, 0.1) is 11.7 Å². The minimum absolute atomic E-state index is 0.0547. The number of para-hydroxylation sites is 1. The van der Waals surface area contributed by atoms with Crippen molar-refractivity contribution in [2.24, 2.45) is 11.0 Å². The van der Waals surface area contributed by atoms with E-state index in [1.807, 2.05) is 0 Å². The molecule has 1 heterocycles. The number of phenols is 1. The molecule has 7 heteroatoms. The van der Waals surface area contributed by atoms with Crippen LogP contribution in [-0.4, -0.2) is 29.7 Å². The summed E-state index contributed by atoms with van der Waals surface area (Å²) in [6.45, 7) is 0.211. The fourth-order valence-electron chi connectivity index (χ4n) is 2.61. The third-order valence-electron chi connectivity index (χ3n) is 3.95. The topological polar surface area (TPSA) is 82.0 Å². The third kappa shape index (κ3) is 3.82. The van der Waals surface area contributed by atoms with E-state index in [9.17, 15) is 19.1 Å². The van der Waals surface area contributed by atoms with Crippen LogP contribution in [0.2, 0.25) is 0 Å². The van der Waals surface area contributed by atoms with Crippen LogP contribution in [0.3, 0.4) is 0 Å². The zero-order chi connectivity index (χ0) is 17.8. The van der Waals surface area contributed by atoms with Gasteiger partial charge in [0.25, 0.3) is 0 Å². The minimum atomic E-state index is -0.543. The van der Waals surface area contributed by atoms with Crippen LogP contribution in [0.1, 0.15) is 12.0 Å². The lowest BCUT2D eigenvalue weighted by molar-refractivity contribution is -0.126. The van der Waals surface area contributed by atoms with Crippen LogP contribution in [0.4, 0.5) is 10.1 Å². The molecule has 0 radical (unpaired) electrons. The lowest BCUT2D eigenvalue weighted by atomic mass is 10.1. The second-order valence-corrected chi connectivity index (χ2v) is 5.67. The molecule has 1 saturated heterocycles. The van der Waals surface area contributed by atoms with Gasteiger partial charge in [0, 0.05) is 24.2 Å². The van der Waals surface area contributed by atoms with Gasteiger partial charge in [-0.2, -0.15) is 5.10 Å². The summed E-state index contributed by atoms with van der Waals surface area (Å²) in [5.74, 6) is -1.46. The summed E-state index contributed by atoms with van der Waals surface area (Å²) < 4.78 is 13.0. The number of hydrogen-bond acceptors (Lipinski definition) is 4. The highest BCUT2D eigenvalue weighted by atomic mass is 19.1. The van der Waals surface area contributed by atoms with Gasteiger partial charge in [0.15, 0.2) is 0 Å². The van der Waals surface area contributed by atoms with Gasteiger partial charge in [-0.25, -0.2) is 9.82 Å². The number of hydrogen-bond donors (Lipinski definition) is 2. The highest BCUT2D eigenvalue weighted by Crippen LogP contribution is 2.25. The summed E-state index contributed by atoms with van der Waals surface area (Å²) in [6.07, 6.45) is 1.40. The molecule has 25 heavy (non-hydrogen) atoms. The molecule has 0 saturated carbocycles. The number of amides is 2. The van der Waals surface area contributed by atoms with E-state index in [4.69, 9.17) is 0 Å². The molecule has 0 aromatic heterocycles. The molecule has 1 aliphatic heterocycles. The maximum absolute atomic E-state index is 13.0. The smallest absolute Gasteiger partial charge is 0.245 e. The molecule has 1 aliphatic rings. The van der Waals surface area contributed by atoms with E-state index in [0.717, 1.165) is 0 Å². The normalized spacial score (nSPS) is 17.2. The number of aromatic hydroxyl groups is 1. The molecule has 2 amide bonds. The molecule has 0 aliphatic carbocycles. The Morgan fingerprint density at radius 3 is 2.68 bits per heavy atom. The van der Waals surface area contributed by atoms with Crippen LogP contribution in [0.15, 0.2) is 53.6 Å². The average Bonchev–Trinajstić information content (AvgIpc) is 2.99. The fraction of sp³-hybridized carbons (Fsp3) is 0.167. The number of phenolic OH excluding ortho intramolecular Hbond substituents is 1. The molecule has 0 spiro atoms. The molecule has 128 valence electrons. The van der Waals surface area contributed by atoms with Crippen LogP contribution in [-0.2, 0) is 9.59 Å². The summed E-state index contributed by atoms with van der Waals surface area (Å²) in [5, 5.41) is 13.4. The number of halogens is 1. The molecule has 1 atom stereocenters. The van der Waals surface area contributed by atoms with Gasteiger partial charge in [0.2, 0.25) is 11.8 Å². The Bertz CT molecular complexity index is 821. The Hall–Kier alpha value is -3.22. The van der Waals surface area contributed by atoms with Crippen molar-refractivity contribution in [2.75, 3.05) is 11.4 Å². The molecule has 0 bridgehead atoms. The second kappa shape index (κ2) is 7.12. The van der Waals surface area contributed by atoms with Crippen molar-refractivity contribution in [3.8, 4) is 5.75 Å². The number of hydrazone groups is 1. The molecular weight excluding hydrogens is 325 g/mol. The summed E-state index contributed by atoms with van der Waals surface area (Å²) in [5.41, 5.74) is 3.41. The number of benzene rings is 2. The monoisotopic (exact) mass is 341 g/mol. The molecule has 6 nitrogen and oxygen atoms in total. The molecule has 1 fully saturated rings. The van der Waals surface area contributed by atoms with Gasteiger partial charge in [-0.15, -0.1) is 0 Å². The molecule has 0 unspecified atom stereocenters. The largest absolute Gasteiger partial charge is 0.507 e. The number of rotatable bonds is 4. The first-order valence-electron chi connectivity index (χ1n) is 7.71. The molecular formula is C18H16FN3O3. The average molecular weight is 341 g/mol. The SMILES string of the molecule is O=C(N/N=C\c1ccccc1O)[C@@H]1CC(=O)N(c2ccc(F)cc2)C1. The maximum Gasteiger partial charge on any atom is 0.245 e. The van der Waals surface area contributed by atoms with Crippen molar-refractivity contribution in [3.05, 3.63) is 59.9 Å². The van der Waals surface area contributed by atoms with Gasteiger partial charge in [-0.1, -0.05) is 12.1 Å². The highest BCUT2D eigenvalue weighted by Gasteiger charge is 2.35. The van der Waals surface area contributed by atoms with Gasteiger partial charge in [-0.05, 0) is 36.4 Å². The van der Waals surface area contributed by atoms with Crippen molar-refractivity contribution in [2.45, 2.75) is 6.42 Å². The number of carbonyl (C=O) groups is 2. The second-order valence-electron chi connectivity index (χ2n) is 5.67. The standard InChI is InChI=1S/C18H16FN3O3/c19-14-5-7-15(8-6-14)22-11-13(9-17(22)24)18(25)21-20-10-12-3-1-2-4-16(12)23/h1-8,10,13,23H,9,11H2,(H,21,25)/b20-10-/t13-/m1/s1. The zero-order valence-corrected chi connectivity index (χ0v) is 13.2. The molecule has 2 aromatic carbocycles. The van der Waals surface area contributed by atoms with E-state index >= 15 is 0 Å². The first kappa shape index (κ1) is 16.6. The predicted molar refractivity (Wildman–Crippen MR) is 90.7 cm³/mol.